The maximum atomic E-state index is 12.0. The summed E-state index contributed by atoms with van der Waals surface area (Å²) in [6.07, 6.45) is -6.76. The van der Waals surface area contributed by atoms with E-state index in [1.807, 2.05) is 0 Å². The van der Waals surface area contributed by atoms with Gasteiger partial charge in [-0.25, -0.2) is 17.6 Å². The Morgan fingerprint density at radius 1 is 0.652 bits per heavy atom. The van der Waals surface area contributed by atoms with Gasteiger partial charge in [0, 0.05) is 19.3 Å². The topological polar surface area (TPSA) is 0 Å². The average molecular weight is 356 g/mol. The van der Waals surface area contributed by atoms with Crippen LogP contribution < -0.4 is 0 Å². The first-order valence-electron chi connectivity index (χ1n) is 7.69. The third-order valence-corrected chi connectivity index (χ3v) is 2.06. The zero-order valence-corrected chi connectivity index (χ0v) is 15.1. The number of alkyl halides is 7. The highest BCUT2D eigenvalue weighted by Crippen LogP contribution is 2.23. The molecule has 0 amide bonds. The molecule has 0 rings (SSSR count). The van der Waals surface area contributed by atoms with E-state index in [0.29, 0.717) is 0 Å². The minimum Gasteiger partial charge on any atom is -0.211 e. The van der Waals surface area contributed by atoms with Gasteiger partial charge in [0.15, 0.2) is 0 Å². The molecular weight excluding hydrogens is 325 g/mol. The van der Waals surface area contributed by atoms with Crippen LogP contribution in [0.2, 0.25) is 0 Å². The van der Waals surface area contributed by atoms with E-state index in [-0.39, 0.29) is 30.6 Å². The van der Waals surface area contributed by atoms with Crippen molar-refractivity contribution < 1.29 is 30.7 Å². The fraction of sp³-hybridized carbons (Fsp3) is 1.00. The average Bonchev–Trinajstić information content (AvgIpc) is 2.06. The van der Waals surface area contributed by atoms with Crippen LogP contribution in [-0.2, 0) is 0 Å². The van der Waals surface area contributed by atoms with Crippen LogP contribution in [0.25, 0.3) is 0 Å². The molecule has 0 aromatic heterocycles. The Balaban J connectivity index is -0.000000262. The van der Waals surface area contributed by atoms with Crippen molar-refractivity contribution >= 4 is 0 Å². The fourth-order valence-electron chi connectivity index (χ4n) is 1.54. The molecule has 0 saturated heterocycles. The van der Waals surface area contributed by atoms with Gasteiger partial charge in [-0.3, -0.25) is 0 Å². The SMILES string of the molecule is CC(C)CC(C)(F)F.CC(C)CC(F)(F)F.CC(C)CC(F)F. The molecule has 7 heteroatoms. The molecule has 0 unspecified atom stereocenters. The van der Waals surface area contributed by atoms with Gasteiger partial charge in [0.1, 0.15) is 0 Å². The Morgan fingerprint density at radius 3 is 1.00 bits per heavy atom. The second-order valence-electron chi connectivity index (χ2n) is 6.90. The molecule has 0 aliphatic rings. The van der Waals surface area contributed by atoms with E-state index in [1.54, 1.807) is 41.5 Å². The Morgan fingerprint density at radius 2 is 1.00 bits per heavy atom. The molecule has 144 valence electrons. The molecule has 0 aromatic carbocycles. The Hall–Kier alpha value is -0.490. The minimum atomic E-state index is -3.98. The van der Waals surface area contributed by atoms with Gasteiger partial charge in [-0.1, -0.05) is 41.5 Å². The van der Waals surface area contributed by atoms with Crippen LogP contribution >= 0.6 is 0 Å². The van der Waals surface area contributed by atoms with Crippen LogP contribution in [0.3, 0.4) is 0 Å². The molecule has 0 nitrogen and oxygen atoms in total. The molecular formula is C16H31F7. The van der Waals surface area contributed by atoms with Crippen molar-refractivity contribution in [1.82, 2.24) is 0 Å². The lowest BCUT2D eigenvalue weighted by Gasteiger charge is -2.11. The zero-order valence-electron chi connectivity index (χ0n) is 15.1. The smallest absolute Gasteiger partial charge is 0.211 e. The summed E-state index contributed by atoms with van der Waals surface area (Å²) in [5, 5.41) is 0. The minimum absolute atomic E-state index is 0.00694. The van der Waals surface area contributed by atoms with Gasteiger partial charge in [-0.15, -0.1) is 0 Å². The van der Waals surface area contributed by atoms with E-state index in [4.69, 9.17) is 0 Å². The highest BCUT2D eigenvalue weighted by atomic mass is 19.4. The van der Waals surface area contributed by atoms with Gasteiger partial charge in [0.05, 0.1) is 0 Å². The molecule has 0 spiro atoms. The largest absolute Gasteiger partial charge is 0.389 e. The van der Waals surface area contributed by atoms with Crippen LogP contribution in [0.15, 0.2) is 0 Å². The fourth-order valence-corrected chi connectivity index (χ4v) is 1.54. The summed E-state index contributed by atoms with van der Waals surface area (Å²) in [6, 6.07) is 0. The molecule has 0 aliphatic carbocycles. The van der Waals surface area contributed by atoms with Gasteiger partial charge in [-0.05, 0) is 24.7 Å². The van der Waals surface area contributed by atoms with Crippen LogP contribution in [0, 0.1) is 17.8 Å². The highest BCUT2D eigenvalue weighted by Gasteiger charge is 2.27. The van der Waals surface area contributed by atoms with Gasteiger partial charge >= 0.3 is 6.18 Å². The van der Waals surface area contributed by atoms with Crippen molar-refractivity contribution in [2.45, 2.75) is 86.3 Å². The number of hydrogen-bond acceptors (Lipinski definition) is 0. The summed E-state index contributed by atoms with van der Waals surface area (Å²) in [5.41, 5.74) is 0. The normalized spacial score (nSPS) is 12.3. The van der Waals surface area contributed by atoms with E-state index >= 15 is 0 Å². The highest BCUT2D eigenvalue weighted by molar-refractivity contribution is 4.59. The third-order valence-electron chi connectivity index (χ3n) is 2.06. The molecule has 0 aromatic rings. The molecule has 0 radical (unpaired) electrons. The molecule has 0 aliphatic heterocycles. The second kappa shape index (κ2) is 12.9. The predicted octanol–water partition coefficient (Wildman–Crippen LogP) is 7.58. The van der Waals surface area contributed by atoms with E-state index in [2.05, 4.69) is 0 Å². The maximum absolute atomic E-state index is 12.0. The number of rotatable bonds is 5. The molecule has 0 atom stereocenters. The van der Waals surface area contributed by atoms with E-state index in [9.17, 15) is 30.7 Å². The molecule has 0 saturated carbocycles. The van der Waals surface area contributed by atoms with Crippen LogP contribution in [0.5, 0.6) is 0 Å². The Labute approximate surface area is 135 Å². The Bertz CT molecular complexity index is 224. The van der Waals surface area contributed by atoms with Crippen molar-refractivity contribution in [3.8, 4) is 0 Å². The summed E-state index contributed by atoms with van der Waals surface area (Å²) in [4.78, 5) is 0. The van der Waals surface area contributed by atoms with Gasteiger partial charge in [-0.2, -0.15) is 13.2 Å². The molecule has 0 N–H and O–H groups in total. The first kappa shape index (κ1) is 27.4. The molecule has 0 fully saturated rings. The summed E-state index contributed by atoms with van der Waals surface area (Å²) < 4.78 is 80.4. The zero-order chi connectivity index (χ0) is 19.4. The lowest BCUT2D eigenvalue weighted by Crippen LogP contribution is -2.12. The van der Waals surface area contributed by atoms with E-state index in [1.165, 1.54) is 0 Å². The monoisotopic (exact) mass is 356 g/mol. The summed E-state index contributed by atoms with van der Waals surface area (Å²) >= 11 is 0. The number of halogens is 7. The van der Waals surface area contributed by atoms with Gasteiger partial charge in [0.25, 0.3) is 0 Å². The van der Waals surface area contributed by atoms with Crippen LogP contribution in [0.4, 0.5) is 30.7 Å². The lowest BCUT2D eigenvalue weighted by molar-refractivity contribution is -0.141. The van der Waals surface area contributed by atoms with Crippen molar-refractivity contribution in [2.75, 3.05) is 0 Å². The van der Waals surface area contributed by atoms with Crippen molar-refractivity contribution in [3.05, 3.63) is 0 Å². The van der Waals surface area contributed by atoms with E-state index < -0.39 is 24.9 Å². The summed E-state index contributed by atoms with van der Waals surface area (Å²) in [5.74, 6) is -2.54. The predicted molar refractivity (Wildman–Crippen MR) is 81.0 cm³/mol. The summed E-state index contributed by atoms with van der Waals surface area (Å²) in [7, 11) is 0. The van der Waals surface area contributed by atoms with Crippen molar-refractivity contribution in [2.24, 2.45) is 17.8 Å². The van der Waals surface area contributed by atoms with Gasteiger partial charge < -0.3 is 0 Å². The first-order valence-corrected chi connectivity index (χ1v) is 7.69. The summed E-state index contributed by atoms with van der Waals surface area (Å²) in [6.45, 7) is 11.2. The third kappa shape index (κ3) is 44.9. The molecule has 23 heavy (non-hydrogen) atoms. The molecule has 0 bridgehead atoms. The quantitative estimate of drug-likeness (QED) is 0.445. The standard InChI is InChI=1S/C6H12F2.C5H9F3.C5H10F2/c1-5(2)4-6(3,7)8;1-4(2)3-5(6,7)8;1-4(2)3-5(6)7/h5H,4H2,1-3H3;4H,3H2,1-2H3;4-5H,3H2,1-2H3. The number of hydrogen-bond donors (Lipinski definition) is 0. The second-order valence-corrected chi connectivity index (χ2v) is 6.90. The molecule has 0 heterocycles. The van der Waals surface area contributed by atoms with Crippen molar-refractivity contribution in [1.29, 1.82) is 0 Å². The van der Waals surface area contributed by atoms with Crippen LogP contribution in [0.1, 0.15) is 67.7 Å². The van der Waals surface area contributed by atoms with Crippen LogP contribution in [-0.4, -0.2) is 18.5 Å². The lowest BCUT2D eigenvalue weighted by atomic mass is 10.1. The Kier molecular flexibility index (Phi) is 15.3. The van der Waals surface area contributed by atoms with Crippen molar-refractivity contribution in [3.63, 3.8) is 0 Å². The first-order chi connectivity index (χ1) is 9.96. The maximum Gasteiger partial charge on any atom is 0.389 e. The van der Waals surface area contributed by atoms with E-state index in [0.717, 1.165) is 6.92 Å². The van der Waals surface area contributed by atoms with Gasteiger partial charge in [0.2, 0.25) is 12.3 Å².